The summed E-state index contributed by atoms with van der Waals surface area (Å²) < 4.78 is 0. The van der Waals surface area contributed by atoms with Crippen molar-refractivity contribution < 1.29 is 9.59 Å². The second-order valence-electron chi connectivity index (χ2n) is 5.66. The van der Waals surface area contributed by atoms with Crippen LogP contribution in [0, 0.1) is 6.92 Å². The van der Waals surface area contributed by atoms with Gasteiger partial charge < -0.3 is 10.6 Å². The summed E-state index contributed by atoms with van der Waals surface area (Å²) in [6, 6.07) is 6.86. The van der Waals surface area contributed by atoms with Crippen molar-refractivity contribution in [2.45, 2.75) is 33.2 Å². The Morgan fingerprint density at radius 2 is 1.83 bits per heavy atom. The number of hydrogen-bond acceptors (Lipinski definition) is 3. The van der Waals surface area contributed by atoms with E-state index in [1.54, 1.807) is 12.1 Å². The molecule has 2 aromatic rings. The largest absolute Gasteiger partial charge is 0.350 e. The van der Waals surface area contributed by atoms with Gasteiger partial charge in [0.2, 0.25) is 0 Å². The predicted molar refractivity (Wildman–Crippen MR) is 95.6 cm³/mol. The highest BCUT2D eigenvalue weighted by atomic mass is 35.5. The summed E-state index contributed by atoms with van der Waals surface area (Å²) in [6.45, 7) is 5.79. The van der Waals surface area contributed by atoms with Gasteiger partial charge in [-0.25, -0.2) is 0 Å². The number of aromatic nitrogens is 1. The topological polar surface area (TPSA) is 71.1 Å². The Balaban J connectivity index is 2.13. The van der Waals surface area contributed by atoms with Crippen LogP contribution in [0.1, 0.15) is 46.5 Å². The van der Waals surface area contributed by atoms with E-state index in [2.05, 4.69) is 15.6 Å². The monoisotopic (exact) mass is 345 g/mol. The molecule has 1 heterocycles. The Bertz CT molecular complexity index is 762. The Kier molecular flexibility index (Phi) is 5.93. The minimum absolute atomic E-state index is 0.0599. The molecule has 0 aliphatic rings. The molecule has 6 heteroatoms. The second kappa shape index (κ2) is 7.93. The zero-order chi connectivity index (χ0) is 17.7. The van der Waals surface area contributed by atoms with Gasteiger partial charge >= 0.3 is 0 Å². The van der Waals surface area contributed by atoms with Crippen molar-refractivity contribution in [2.24, 2.45) is 0 Å². The molecule has 24 heavy (non-hydrogen) atoms. The fraction of sp³-hybridized carbons (Fsp3) is 0.278. The number of aryl methyl sites for hydroxylation is 1. The molecule has 0 aliphatic carbocycles. The molecule has 1 atom stereocenters. The molecule has 2 rings (SSSR count). The molecule has 126 valence electrons. The van der Waals surface area contributed by atoms with Crippen molar-refractivity contribution in [2.75, 3.05) is 5.32 Å². The van der Waals surface area contributed by atoms with E-state index in [0.29, 0.717) is 21.8 Å². The lowest BCUT2D eigenvalue weighted by atomic mass is 10.1. The first-order valence-electron chi connectivity index (χ1n) is 7.74. The van der Waals surface area contributed by atoms with Gasteiger partial charge in [-0.05, 0) is 44.0 Å². The van der Waals surface area contributed by atoms with Gasteiger partial charge in [0.1, 0.15) is 0 Å². The molecule has 0 saturated heterocycles. The van der Waals surface area contributed by atoms with E-state index in [4.69, 9.17) is 11.6 Å². The van der Waals surface area contributed by atoms with Gasteiger partial charge in [-0.15, -0.1) is 0 Å². The predicted octanol–water partition coefficient (Wildman–Crippen LogP) is 3.82. The van der Waals surface area contributed by atoms with E-state index in [1.165, 1.54) is 18.5 Å². The van der Waals surface area contributed by atoms with Crippen LogP contribution in [-0.4, -0.2) is 22.8 Å². The molecule has 1 aromatic heterocycles. The average Bonchev–Trinajstić information content (AvgIpc) is 2.58. The molecule has 5 nitrogen and oxygen atoms in total. The number of hydrogen-bond donors (Lipinski definition) is 2. The van der Waals surface area contributed by atoms with Crippen LogP contribution in [-0.2, 0) is 0 Å². The fourth-order valence-electron chi connectivity index (χ4n) is 1.97. The summed E-state index contributed by atoms with van der Waals surface area (Å²) in [6.07, 6.45) is 3.69. The molecule has 0 saturated carbocycles. The summed E-state index contributed by atoms with van der Waals surface area (Å²) in [4.78, 5) is 28.5. The summed E-state index contributed by atoms with van der Waals surface area (Å²) >= 11 is 6.06. The third kappa shape index (κ3) is 4.55. The van der Waals surface area contributed by atoms with Gasteiger partial charge in [0.05, 0.1) is 11.1 Å². The van der Waals surface area contributed by atoms with E-state index < -0.39 is 0 Å². The molecular weight excluding hydrogens is 326 g/mol. The molecule has 0 radical (unpaired) electrons. The Morgan fingerprint density at radius 3 is 2.46 bits per heavy atom. The van der Waals surface area contributed by atoms with Crippen molar-refractivity contribution in [3.63, 3.8) is 0 Å². The average molecular weight is 346 g/mol. The van der Waals surface area contributed by atoms with E-state index in [1.807, 2.05) is 26.8 Å². The highest BCUT2D eigenvalue weighted by Crippen LogP contribution is 2.20. The van der Waals surface area contributed by atoms with Crippen LogP contribution >= 0.6 is 11.6 Å². The number of rotatable bonds is 5. The van der Waals surface area contributed by atoms with Crippen LogP contribution in [0.15, 0.2) is 36.7 Å². The number of anilines is 1. The molecule has 1 unspecified atom stereocenters. The van der Waals surface area contributed by atoms with Gasteiger partial charge in [-0.2, -0.15) is 0 Å². The van der Waals surface area contributed by atoms with Crippen LogP contribution in [0.2, 0.25) is 5.02 Å². The molecular formula is C18H20ClN3O2. The maximum atomic E-state index is 12.3. The first-order chi connectivity index (χ1) is 11.4. The first-order valence-corrected chi connectivity index (χ1v) is 8.12. The normalized spacial score (nSPS) is 11.7. The molecule has 0 fully saturated rings. The molecule has 0 bridgehead atoms. The molecule has 0 spiro atoms. The van der Waals surface area contributed by atoms with Crippen LogP contribution in [0.3, 0.4) is 0 Å². The molecule has 0 aliphatic heterocycles. The van der Waals surface area contributed by atoms with Crippen LogP contribution < -0.4 is 10.6 Å². The smallest absolute Gasteiger partial charge is 0.257 e. The van der Waals surface area contributed by atoms with Gasteiger partial charge in [0.15, 0.2) is 0 Å². The lowest BCUT2D eigenvalue weighted by Gasteiger charge is -2.12. The number of benzene rings is 1. The summed E-state index contributed by atoms with van der Waals surface area (Å²) in [5.74, 6) is -0.592. The summed E-state index contributed by atoms with van der Waals surface area (Å²) in [5, 5.41) is 6.17. The number of nitrogens with one attached hydrogen (secondary N) is 2. The minimum atomic E-state index is -0.347. The molecule has 1 aromatic carbocycles. The SMILES string of the molecule is CCC(C)NC(=O)c1cncc(C(=O)Nc2ccc(C)c(Cl)c2)c1. The van der Waals surface area contributed by atoms with Crippen LogP contribution in [0.25, 0.3) is 0 Å². The lowest BCUT2D eigenvalue weighted by Crippen LogP contribution is -2.32. The summed E-state index contributed by atoms with van der Waals surface area (Å²) in [5.41, 5.74) is 2.18. The minimum Gasteiger partial charge on any atom is -0.350 e. The Labute approximate surface area is 146 Å². The highest BCUT2D eigenvalue weighted by Gasteiger charge is 2.13. The number of carbonyl (C=O) groups excluding carboxylic acids is 2. The number of halogens is 1. The van der Waals surface area contributed by atoms with E-state index in [9.17, 15) is 9.59 Å². The quantitative estimate of drug-likeness (QED) is 0.865. The number of carbonyl (C=O) groups is 2. The maximum absolute atomic E-state index is 12.3. The van der Waals surface area contributed by atoms with Gasteiger partial charge in [0.25, 0.3) is 11.8 Å². The Hall–Kier alpha value is -2.40. The van der Waals surface area contributed by atoms with Crippen LogP contribution in [0.5, 0.6) is 0 Å². The maximum Gasteiger partial charge on any atom is 0.257 e. The summed E-state index contributed by atoms with van der Waals surface area (Å²) in [7, 11) is 0. The van der Waals surface area contributed by atoms with Crippen molar-refractivity contribution in [1.82, 2.24) is 10.3 Å². The number of amides is 2. The zero-order valence-corrected chi connectivity index (χ0v) is 14.6. The second-order valence-corrected chi connectivity index (χ2v) is 6.07. The van der Waals surface area contributed by atoms with Gasteiger partial charge in [-0.3, -0.25) is 14.6 Å². The van der Waals surface area contributed by atoms with Crippen LogP contribution in [0.4, 0.5) is 5.69 Å². The third-order valence-corrected chi connectivity index (χ3v) is 4.09. The zero-order valence-electron chi connectivity index (χ0n) is 13.9. The lowest BCUT2D eigenvalue weighted by molar-refractivity contribution is 0.0939. The van der Waals surface area contributed by atoms with Gasteiger partial charge in [0, 0.05) is 29.1 Å². The van der Waals surface area contributed by atoms with Crippen molar-refractivity contribution >= 4 is 29.1 Å². The van der Waals surface area contributed by atoms with E-state index in [-0.39, 0.29) is 17.9 Å². The van der Waals surface area contributed by atoms with E-state index in [0.717, 1.165) is 12.0 Å². The van der Waals surface area contributed by atoms with E-state index >= 15 is 0 Å². The molecule has 2 amide bonds. The highest BCUT2D eigenvalue weighted by molar-refractivity contribution is 6.31. The van der Waals surface area contributed by atoms with Crippen molar-refractivity contribution in [1.29, 1.82) is 0 Å². The number of nitrogens with zero attached hydrogens (tertiary/aromatic N) is 1. The van der Waals surface area contributed by atoms with Crippen molar-refractivity contribution in [3.8, 4) is 0 Å². The van der Waals surface area contributed by atoms with Gasteiger partial charge in [-0.1, -0.05) is 24.6 Å². The Morgan fingerprint density at radius 1 is 1.17 bits per heavy atom. The molecule has 2 N–H and O–H groups in total. The van der Waals surface area contributed by atoms with Crippen molar-refractivity contribution in [3.05, 3.63) is 58.4 Å². The number of pyridine rings is 1. The first kappa shape index (κ1) is 17.9. The standard InChI is InChI=1S/C18H20ClN3O2/c1-4-12(3)21-17(23)13-7-14(10-20-9-13)18(24)22-15-6-5-11(2)16(19)8-15/h5-10,12H,4H2,1-3H3,(H,21,23)(H,22,24). The fourth-order valence-corrected chi connectivity index (χ4v) is 2.15. The third-order valence-electron chi connectivity index (χ3n) is 3.68.